The SMILES string of the molecule is O=C1[C@@H]2[C@H](C(=O)N1c1ccn(Cc3ccc(Cl)cc3)n1)[C@H]1CC[C@H]2O1. The second kappa shape index (κ2) is 5.41. The number of halogens is 1. The number of carbonyl (C=O) groups is 2. The van der Waals surface area contributed by atoms with Crippen molar-refractivity contribution < 1.29 is 14.3 Å². The van der Waals surface area contributed by atoms with Crippen LogP contribution in [-0.4, -0.2) is 33.8 Å². The van der Waals surface area contributed by atoms with Gasteiger partial charge in [-0.3, -0.25) is 14.3 Å². The summed E-state index contributed by atoms with van der Waals surface area (Å²) >= 11 is 5.90. The first-order chi connectivity index (χ1) is 12.1. The molecule has 6 nitrogen and oxygen atoms in total. The fraction of sp³-hybridized carbons (Fsp3) is 0.389. The van der Waals surface area contributed by atoms with Gasteiger partial charge >= 0.3 is 0 Å². The van der Waals surface area contributed by atoms with Crippen LogP contribution >= 0.6 is 11.6 Å². The van der Waals surface area contributed by atoms with Gasteiger partial charge in [-0.1, -0.05) is 23.7 Å². The van der Waals surface area contributed by atoms with Crippen molar-refractivity contribution in [1.82, 2.24) is 9.78 Å². The lowest BCUT2D eigenvalue weighted by Gasteiger charge is -2.15. The van der Waals surface area contributed by atoms with Crippen molar-refractivity contribution in [3.05, 3.63) is 47.1 Å². The van der Waals surface area contributed by atoms with Crippen molar-refractivity contribution in [3.8, 4) is 0 Å². The summed E-state index contributed by atoms with van der Waals surface area (Å²) in [6.45, 7) is 0.550. The van der Waals surface area contributed by atoms with E-state index in [1.54, 1.807) is 16.9 Å². The minimum atomic E-state index is -0.326. The monoisotopic (exact) mass is 357 g/mol. The second-order valence-corrected chi connectivity index (χ2v) is 7.29. The Bertz CT molecular complexity index is 835. The molecule has 0 N–H and O–H groups in total. The highest BCUT2D eigenvalue weighted by atomic mass is 35.5. The molecule has 7 heteroatoms. The molecule has 2 aromatic rings. The molecule has 3 aliphatic rings. The maximum atomic E-state index is 12.8. The summed E-state index contributed by atoms with van der Waals surface area (Å²) in [7, 11) is 0. The lowest BCUT2D eigenvalue weighted by molar-refractivity contribution is -0.124. The largest absolute Gasteiger partial charge is 0.373 e. The van der Waals surface area contributed by atoms with E-state index in [0.717, 1.165) is 18.4 Å². The van der Waals surface area contributed by atoms with Crippen LogP contribution in [0.4, 0.5) is 5.82 Å². The molecular formula is C18H16ClN3O3. The van der Waals surface area contributed by atoms with E-state index in [1.165, 1.54) is 4.90 Å². The Kier molecular flexibility index (Phi) is 3.27. The van der Waals surface area contributed by atoms with Crippen molar-refractivity contribution in [2.24, 2.45) is 11.8 Å². The van der Waals surface area contributed by atoms with E-state index in [0.29, 0.717) is 17.4 Å². The van der Waals surface area contributed by atoms with Gasteiger partial charge in [0.1, 0.15) is 0 Å². The molecule has 0 saturated carbocycles. The van der Waals surface area contributed by atoms with Gasteiger partial charge in [-0.25, -0.2) is 4.90 Å². The van der Waals surface area contributed by atoms with Gasteiger partial charge in [0.05, 0.1) is 30.6 Å². The van der Waals surface area contributed by atoms with Crippen LogP contribution in [0, 0.1) is 11.8 Å². The summed E-state index contributed by atoms with van der Waals surface area (Å²) in [5, 5.41) is 5.12. The molecule has 0 radical (unpaired) electrons. The van der Waals surface area contributed by atoms with E-state index in [9.17, 15) is 9.59 Å². The van der Waals surface area contributed by atoms with Crippen LogP contribution in [0.2, 0.25) is 5.02 Å². The summed E-state index contributed by atoms with van der Waals surface area (Å²) in [5.74, 6) is -0.587. The van der Waals surface area contributed by atoms with Crippen LogP contribution in [0.3, 0.4) is 0 Å². The van der Waals surface area contributed by atoms with Crippen molar-refractivity contribution in [3.63, 3.8) is 0 Å². The average molecular weight is 358 g/mol. The number of rotatable bonds is 3. The Morgan fingerprint density at radius 1 is 1.04 bits per heavy atom. The van der Waals surface area contributed by atoms with Gasteiger partial charge < -0.3 is 4.74 Å². The van der Waals surface area contributed by atoms with E-state index in [-0.39, 0.29) is 35.9 Å². The van der Waals surface area contributed by atoms with E-state index in [2.05, 4.69) is 5.10 Å². The lowest BCUT2D eigenvalue weighted by Crippen LogP contribution is -2.34. The number of anilines is 1. The van der Waals surface area contributed by atoms with E-state index < -0.39 is 0 Å². The highest BCUT2D eigenvalue weighted by Gasteiger charge is 2.63. The first-order valence-corrected chi connectivity index (χ1v) is 8.81. The predicted octanol–water partition coefficient (Wildman–Crippen LogP) is 2.25. The van der Waals surface area contributed by atoms with Crippen LogP contribution in [0.25, 0.3) is 0 Å². The molecule has 0 spiro atoms. The number of fused-ring (bicyclic) bond motifs is 5. The van der Waals surface area contributed by atoms with Gasteiger partial charge in [0, 0.05) is 17.3 Å². The molecule has 4 heterocycles. The van der Waals surface area contributed by atoms with Crippen molar-refractivity contribution >= 4 is 29.2 Å². The topological polar surface area (TPSA) is 64.4 Å². The van der Waals surface area contributed by atoms with Crippen molar-refractivity contribution in [2.45, 2.75) is 31.6 Å². The quantitative estimate of drug-likeness (QED) is 0.790. The second-order valence-electron chi connectivity index (χ2n) is 6.85. The normalized spacial score (nSPS) is 30.4. The number of hydrogen-bond donors (Lipinski definition) is 0. The third kappa shape index (κ3) is 2.24. The highest BCUT2D eigenvalue weighted by Crippen LogP contribution is 2.49. The molecule has 0 aliphatic carbocycles. The zero-order chi connectivity index (χ0) is 17.1. The van der Waals surface area contributed by atoms with Crippen LogP contribution < -0.4 is 4.90 Å². The Hall–Kier alpha value is -2.18. The molecule has 128 valence electrons. The third-order valence-corrected chi connectivity index (χ3v) is 5.65. The molecule has 5 rings (SSSR count). The summed E-state index contributed by atoms with van der Waals surface area (Å²) < 4.78 is 7.47. The molecule has 2 bridgehead atoms. The molecular weight excluding hydrogens is 342 g/mol. The molecule has 25 heavy (non-hydrogen) atoms. The minimum Gasteiger partial charge on any atom is -0.373 e. The predicted molar refractivity (Wildman–Crippen MR) is 90.1 cm³/mol. The minimum absolute atomic E-state index is 0.104. The lowest BCUT2D eigenvalue weighted by atomic mass is 9.81. The zero-order valence-corrected chi connectivity index (χ0v) is 14.1. The molecule has 3 fully saturated rings. The highest BCUT2D eigenvalue weighted by molar-refractivity contribution is 6.30. The molecule has 2 amide bonds. The maximum Gasteiger partial charge on any atom is 0.241 e. The number of hydrogen-bond acceptors (Lipinski definition) is 4. The molecule has 3 aliphatic heterocycles. The van der Waals surface area contributed by atoms with Crippen LogP contribution in [0.15, 0.2) is 36.5 Å². The number of benzene rings is 1. The van der Waals surface area contributed by atoms with Gasteiger partial charge in [0.2, 0.25) is 11.8 Å². The Labute approximate surface area is 149 Å². The first kappa shape index (κ1) is 15.1. The van der Waals surface area contributed by atoms with Gasteiger partial charge in [0.15, 0.2) is 5.82 Å². The van der Waals surface area contributed by atoms with Gasteiger partial charge in [-0.15, -0.1) is 0 Å². The molecule has 3 saturated heterocycles. The summed E-state index contributed by atoms with van der Waals surface area (Å²) in [5.41, 5.74) is 1.04. The molecule has 1 aromatic carbocycles. The van der Waals surface area contributed by atoms with Gasteiger partial charge in [-0.05, 0) is 30.5 Å². The standard InChI is InChI=1S/C18H16ClN3O3/c19-11-3-1-10(2-4-11)9-21-8-7-14(20-21)22-17(23)15-12-5-6-13(25-12)16(15)18(22)24/h1-4,7-8,12-13,15-16H,5-6,9H2/t12-,13-,15-,16+/m1/s1. The first-order valence-electron chi connectivity index (χ1n) is 8.43. The van der Waals surface area contributed by atoms with Crippen molar-refractivity contribution in [2.75, 3.05) is 4.90 Å². The Morgan fingerprint density at radius 3 is 2.32 bits per heavy atom. The number of imide groups is 1. The van der Waals surface area contributed by atoms with E-state index in [1.807, 2.05) is 24.3 Å². The van der Waals surface area contributed by atoms with E-state index >= 15 is 0 Å². The van der Waals surface area contributed by atoms with Gasteiger partial charge in [-0.2, -0.15) is 5.10 Å². The number of ether oxygens (including phenoxy) is 1. The maximum absolute atomic E-state index is 12.8. The number of aromatic nitrogens is 2. The van der Waals surface area contributed by atoms with Crippen LogP contribution in [0.5, 0.6) is 0 Å². The number of amides is 2. The average Bonchev–Trinajstić information content (AvgIpc) is 3.35. The fourth-order valence-corrected chi connectivity index (χ4v) is 4.40. The van der Waals surface area contributed by atoms with Gasteiger partial charge in [0.25, 0.3) is 0 Å². The summed E-state index contributed by atoms with van der Waals surface area (Å²) in [6, 6.07) is 9.22. The molecule has 1 aromatic heterocycles. The van der Waals surface area contributed by atoms with E-state index in [4.69, 9.17) is 16.3 Å². The Balaban J connectivity index is 1.39. The number of nitrogens with zero attached hydrogens (tertiary/aromatic N) is 3. The smallest absolute Gasteiger partial charge is 0.241 e. The van der Waals surface area contributed by atoms with Crippen LogP contribution in [0.1, 0.15) is 18.4 Å². The molecule has 4 atom stereocenters. The fourth-order valence-electron chi connectivity index (χ4n) is 4.27. The zero-order valence-electron chi connectivity index (χ0n) is 13.3. The summed E-state index contributed by atoms with van der Waals surface area (Å²) in [4.78, 5) is 26.8. The number of carbonyl (C=O) groups excluding carboxylic acids is 2. The van der Waals surface area contributed by atoms with Crippen LogP contribution in [-0.2, 0) is 20.9 Å². The molecule has 0 unspecified atom stereocenters. The van der Waals surface area contributed by atoms with Crippen molar-refractivity contribution in [1.29, 1.82) is 0 Å². The Morgan fingerprint density at radius 2 is 1.68 bits per heavy atom. The summed E-state index contributed by atoms with van der Waals surface area (Å²) in [6.07, 6.45) is 3.30. The third-order valence-electron chi connectivity index (χ3n) is 5.40.